The van der Waals surface area contributed by atoms with Gasteiger partial charge in [0.25, 0.3) is 5.91 Å². The molecule has 1 heterocycles. The largest absolute Gasteiger partial charge is 0.315 e. The minimum Gasteiger partial charge on any atom is -0.315 e. The van der Waals surface area contributed by atoms with Crippen LogP contribution in [0.25, 0.3) is 0 Å². The van der Waals surface area contributed by atoms with E-state index in [2.05, 4.69) is 21.0 Å². The number of hydrogen-bond acceptors (Lipinski definition) is 2. The molecule has 1 N–H and O–H groups in total. The number of hydrogen-bond donors (Lipinski definition) is 1. The van der Waals surface area contributed by atoms with E-state index >= 15 is 0 Å². The number of halogens is 6. The van der Waals surface area contributed by atoms with Gasteiger partial charge >= 0.3 is 0 Å². The molecule has 4 nitrogen and oxygen atoms in total. The number of aromatic nitrogens is 2. The fourth-order valence-corrected chi connectivity index (χ4v) is 2.15. The van der Waals surface area contributed by atoms with Crippen LogP contribution >= 0.6 is 27.5 Å². The van der Waals surface area contributed by atoms with Crippen LogP contribution in [0.5, 0.6) is 0 Å². The fourth-order valence-electron chi connectivity index (χ4n) is 1.55. The maximum atomic E-state index is 13.6. The second-order valence-corrected chi connectivity index (χ2v) is 5.06. The highest BCUT2D eigenvalue weighted by atomic mass is 79.9. The third kappa shape index (κ3) is 2.62. The molecule has 0 saturated carbocycles. The number of nitrogens with zero attached hydrogens (tertiary/aromatic N) is 2. The van der Waals surface area contributed by atoms with Gasteiger partial charge in [-0.1, -0.05) is 11.6 Å². The summed E-state index contributed by atoms with van der Waals surface area (Å²) in [6, 6.07) is 0. The van der Waals surface area contributed by atoms with Crippen molar-refractivity contribution in [2.45, 2.75) is 0 Å². The van der Waals surface area contributed by atoms with Gasteiger partial charge in [-0.15, -0.1) is 0 Å². The average Bonchev–Trinajstić information content (AvgIpc) is 2.78. The van der Waals surface area contributed by atoms with Gasteiger partial charge in [-0.3, -0.25) is 9.48 Å². The Balaban J connectivity index is 2.48. The van der Waals surface area contributed by atoms with Crippen LogP contribution in [-0.4, -0.2) is 15.7 Å². The predicted molar refractivity (Wildman–Crippen MR) is 70.1 cm³/mol. The molecule has 0 atom stereocenters. The fraction of sp³-hybridized carbons (Fsp3) is 0.0909. The maximum absolute atomic E-state index is 13.6. The number of anilines is 1. The van der Waals surface area contributed by atoms with Crippen LogP contribution in [0.3, 0.4) is 0 Å². The number of nitrogens with one attached hydrogen (secondary N) is 1. The van der Waals surface area contributed by atoms with Crippen LogP contribution in [0.2, 0.25) is 5.02 Å². The van der Waals surface area contributed by atoms with E-state index in [1.165, 1.54) is 7.05 Å². The highest BCUT2D eigenvalue weighted by Crippen LogP contribution is 2.31. The van der Waals surface area contributed by atoms with E-state index in [0.717, 1.165) is 10.9 Å². The van der Waals surface area contributed by atoms with Crippen LogP contribution in [-0.2, 0) is 7.05 Å². The summed E-state index contributed by atoms with van der Waals surface area (Å²) < 4.78 is 54.0. The van der Waals surface area contributed by atoms with E-state index in [1.54, 1.807) is 5.32 Å². The molecule has 21 heavy (non-hydrogen) atoms. The first kappa shape index (κ1) is 15.8. The Labute approximate surface area is 128 Å². The first-order valence-electron chi connectivity index (χ1n) is 5.26. The van der Waals surface area contributed by atoms with Crippen molar-refractivity contribution in [3.8, 4) is 0 Å². The Bertz CT molecular complexity index is 701. The van der Waals surface area contributed by atoms with E-state index in [-0.39, 0.29) is 10.7 Å². The van der Waals surface area contributed by atoms with Gasteiger partial charge in [0, 0.05) is 7.05 Å². The SMILES string of the molecule is Cn1ncc(Cl)c1C(=O)Nc1c(F)c(F)c(Br)c(F)c1F. The summed E-state index contributed by atoms with van der Waals surface area (Å²) >= 11 is 8.05. The second-order valence-electron chi connectivity index (χ2n) is 3.86. The van der Waals surface area contributed by atoms with E-state index in [0.29, 0.717) is 0 Å². The number of benzene rings is 1. The molecule has 2 rings (SSSR count). The van der Waals surface area contributed by atoms with Gasteiger partial charge in [-0.05, 0) is 15.9 Å². The molecule has 0 bridgehead atoms. The monoisotopic (exact) mass is 385 g/mol. The summed E-state index contributed by atoms with van der Waals surface area (Å²) in [6.45, 7) is 0. The molecular formula is C11H5BrClF4N3O. The molecule has 0 aliphatic carbocycles. The van der Waals surface area contributed by atoms with E-state index in [9.17, 15) is 22.4 Å². The summed E-state index contributed by atoms with van der Waals surface area (Å²) in [5.74, 6) is -7.89. The predicted octanol–water partition coefficient (Wildman–Crippen LogP) is 3.64. The molecule has 0 unspecified atom stereocenters. The standard InChI is InChI=1S/C11H5BrClF4N3O/c1-20-10(3(13)2-18-20)11(21)19-9-7(16)5(14)4(12)6(15)8(9)17/h2H,1H3,(H,19,21). The Hall–Kier alpha value is -1.61. The van der Waals surface area contributed by atoms with E-state index < -0.39 is 39.3 Å². The Morgan fingerprint density at radius 3 is 2.19 bits per heavy atom. The zero-order chi connectivity index (χ0) is 15.9. The van der Waals surface area contributed by atoms with Crippen molar-refractivity contribution >= 4 is 39.1 Å². The molecule has 0 radical (unpaired) electrons. The van der Waals surface area contributed by atoms with Gasteiger partial charge in [0.15, 0.2) is 23.3 Å². The Morgan fingerprint density at radius 2 is 1.76 bits per heavy atom. The Kier molecular flexibility index (Phi) is 4.24. The summed E-state index contributed by atoms with van der Waals surface area (Å²) in [5.41, 5.74) is -1.48. The molecule has 0 aliphatic rings. The first-order valence-corrected chi connectivity index (χ1v) is 6.43. The molecule has 1 aromatic carbocycles. The highest BCUT2D eigenvalue weighted by molar-refractivity contribution is 9.10. The molecule has 1 amide bonds. The van der Waals surface area contributed by atoms with Crippen molar-refractivity contribution in [1.82, 2.24) is 9.78 Å². The van der Waals surface area contributed by atoms with Crippen molar-refractivity contribution < 1.29 is 22.4 Å². The number of rotatable bonds is 2. The van der Waals surface area contributed by atoms with Crippen LogP contribution in [0.1, 0.15) is 10.5 Å². The lowest BCUT2D eigenvalue weighted by atomic mass is 10.2. The van der Waals surface area contributed by atoms with Crippen LogP contribution in [0.15, 0.2) is 10.7 Å². The normalized spacial score (nSPS) is 10.8. The first-order chi connectivity index (χ1) is 9.75. The molecule has 0 fully saturated rings. The van der Waals surface area contributed by atoms with Gasteiger partial charge < -0.3 is 5.32 Å². The lowest BCUT2D eigenvalue weighted by Crippen LogP contribution is -2.19. The minimum atomic E-state index is -1.74. The topological polar surface area (TPSA) is 46.9 Å². The lowest BCUT2D eigenvalue weighted by molar-refractivity contribution is 0.101. The smallest absolute Gasteiger partial charge is 0.275 e. The van der Waals surface area contributed by atoms with Gasteiger partial charge in [0.1, 0.15) is 11.4 Å². The van der Waals surface area contributed by atoms with Crippen LogP contribution in [0, 0.1) is 23.3 Å². The summed E-state index contributed by atoms with van der Waals surface area (Å²) in [7, 11) is 1.36. The van der Waals surface area contributed by atoms with Crippen molar-refractivity contribution in [3.63, 3.8) is 0 Å². The molecule has 1 aromatic heterocycles. The van der Waals surface area contributed by atoms with E-state index in [1.807, 2.05) is 0 Å². The Morgan fingerprint density at radius 1 is 1.24 bits per heavy atom. The third-order valence-electron chi connectivity index (χ3n) is 2.56. The van der Waals surface area contributed by atoms with Crippen molar-refractivity contribution in [3.05, 3.63) is 44.7 Å². The molecule has 10 heteroatoms. The van der Waals surface area contributed by atoms with Crippen molar-refractivity contribution in [2.75, 3.05) is 5.32 Å². The number of carbonyl (C=O) groups excluding carboxylic acids is 1. The molecule has 0 spiro atoms. The summed E-state index contributed by atoms with van der Waals surface area (Å²) in [4.78, 5) is 11.9. The van der Waals surface area contributed by atoms with Gasteiger partial charge in [0.05, 0.1) is 15.7 Å². The van der Waals surface area contributed by atoms with Crippen molar-refractivity contribution in [2.24, 2.45) is 7.05 Å². The highest BCUT2D eigenvalue weighted by Gasteiger charge is 2.27. The molecule has 0 saturated heterocycles. The quantitative estimate of drug-likeness (QED) is 0.487. The second kappa shape index (κ2) is 5.64. The summed E-state index contributed by atoms with van der Waals surface area (Å²) in [5, 5.41) is 5.30. The van der Waals surface area contributed by atoms with E-state index in [4.69, 9.17) is 11.6 Å². The maximum Gasteiger partial charge on any atom is 0.275 e. The van der Waals surface area contributed by atoms with Crippen LogP contribution < -0.4 is 5.32 Å². The van der Waals surface area contributed by atoms with Crippen LogP contribution in [0.4, 0.5) is 23.2 Å². The number of amides is 1. The zero-order valence-corrected chi connectivity index (χ0v) is 12.5. The molecular weight excluding hydrogens is 381 g/mol. The number of aryl methyl sites for hydroxylation is 1. The molecule has 0 aliphatic heterocycles. The van der Waals surface area contributed by atoms with Gasteiger partial charge in [-0.2, -0.15) is 5.10 Å². The molecule has 2 aromatic rings. The number of carbonyl (C=O) groups is 1. The molecule has 112 valence electrons. The minimum absolute atomic E-state index is 0.0890. The zero-order valence-electron chi connectivity index (χ0n) is 10.1. The third-order valence-corrected chi connectivity index (χ3v) is 3.53. The average molecular weight is 387 g/mol. The summed E-state index contributed by atoms with van der Waals surface area (Å²) in [6.07, 6.45) is 1.13. The van der Waals surface area contributed by atoms with Crippen molar-refractivity contribution in [1.29, 1.82) is 0 Å². The lowest BCUT2D eigenvalue weighted by Gasteiger charge is -2.10. The van der Waals surface area contributed by atoms with Gasteiger partial charge in [0.2, 0.25) is 0 Å². The van der Waals surface area contributed by atoms with Gasteiger partial charge in [-0.25, -0.2) is 17.6 Å².